The van der Waals surface area contributed by atoms with E-state index in [1.165, 1.54) is 6.42 Å². The summed E-state index contributed by atoms with van der Waals surface area (Å²) in [6.07, 6.45) is 1.17. The number of hydrogen-bond acceptors (Lipinski definition) is 4. The third kappa shape index (κ3) is 6.32. The van der Waals surface area contributed by atoms with Gasteiger partial charge in [-0.15, -0.1) is 0 Å². The first kappa shape index (κ1) is 13.8. The van der Waals surface area contributed by atoms with Crippen molar-refractivity contribution >= 4 is 0 Å². The lowest BCUT2D eigenvalue weighted by atomic mass is 10.2. The van der Waals surface area contributed by atoms with E-state index in [-0.39, 0.29) is 0 Å². The van der Waals surface area contributed by atoms with Crippen molar-refractivity contribution in [1.29, 1.82) is 0 Å². The van der Waals surface area contributed by atoms with Crippen LogP contribution in [0.5, 0.6) is 0 Å². The molecule has 0 aromatic rings. The maximum atomic E-state index is 5.66. The predicted molar refractivity (Wildman–Crippen MR) is 60.5 cm³/mol. The van der Waals surface area contributed by atoms with E-state index in [9.17, 15) is 0 Å². The average molecular weight is 203 g/mol. The van der Waals surface area contributed by atoms with E-state index < -0.39 is 0 Å². The Morgan fingerprint density at radius 3 is 2.29 bits per heavy atom. The smallest absolute Gasteiger partial charge is 0.0630 e. The van der Waals surface area contributed by atoms with Gasteiger partial charge in [0.25, 0.3) is 0 Å². The maximum Gasteiger partial charge on any atom is 0.0630 e. The number of rotatable bonds is 8. The monoisotopic (exact) mass is 203 g/mol. The fourth-order valence-corrected chi connectivity index (χ4v) is 1.39. The lowest BCUT2D eigenvalue weighted by molar-refractivity contribution is 0.108. The largest absolute Gasteiger partial charge is 0.383 e. The maximum absolute atomic E-state index is 5.66. The van der Waals surface area contributed by atoms with Crippen LogP contribution in [-0.4, -0.2) is 70.3 Å². The fourth-order valence-electron chi connectivity index (χ4n) is 1.39. The van der Waals surface area contributed by atoms with E-state index >= 15 is 0 Å². The third-order valence-corrected chi connectivity index (χ3v) is 2.37. The molecule has 0 amide bonds. The van der Waals surface area contributed by atoms with Gasteiger partial charge in [0.05, 0.1) is 6.61 Å². The molecule has 0 aliphatic heterocycles. The summed E-state index contributed by atoms with van der Waals surface area (Å²) >= 11 is 0. The molecule has 4 heteroatoms. The lowest BCUT2D eigenvalue weighted by Crippen LogP contribution is -2.42. The molecular formula is C10H25N3O. The molecule has 1 unspecified atom stereocenters. The zero-order valence-electron chi connectivity index (χ0n) is 9.99. The second-order valence-corrected chi connectivity index (χ2v) is 3.98. The zero-order valence-corrected chi connectivity index (χ0v) is 9.99. The highest BCUT2D eigenvalue weighted by Crippen LogP contribution is 1.97. The summed E-state index contributed by atoms with van der Waals surface area (Å²) < 4.78 is 5.11. The molecule has 2 N–H and O–H groups in total. The van der Waals surface area contributed by atoms with Gasteiger partial charge in [0.15, 0.2) is 0 Å². The Morgan fingerprint density at radius 2 is 1.86 bits per heavy atom. The van der Waals surface area contributed by atoms with Gasteiger partial charge in [-0.05, 0) is 40.7 Å². The second-order valence-electron chi connectivity index (χ2n) is 3.98. The van der Waals surface area contributed by atoms with Crippen molar-refractivity contribution in [3.8, 4) is 0 Å². The molecule has 4 nitrogen and oxygen atoms in total. The molecule has 0 rings (SSSR count). The Labute approximate surface area is 88.0 Å². The van der Waals surface area contributed by atoms with Crippen molar-refractivity contribution in [3.05, 3.63) is 0 Å². The van der Waals surface area contributed by atoms with Gasteiger partial charge >= 0.3 is 0 Å². The van der Waals surface area contributed by atoms with Crippen LogP contribution in [0.15, 0.2) is 0 Å². The van der Waals surface area contributed by atoms with Crippen molar-refractivity contribution in [1.82, 2.24) is 9.80 Å². The second kappa shape index (κ2) is 8.17. The van der Waals surface area contributed by atoms with E-state index in [4.69, 9.17) is 10.5 Å². The van der Waals surface area contributed by atoms with E-state index in [2.05, 4.69) is 30.9 Å². The standard InChI is InChI=1S/C10H25N3O/c1-12(2)6-5-7-13(3)10(8-11)9-14-4/h10H,5-9,11H2,1-4H3. The highest BCUT2D eigenvalue weighted by atomic mass is 16.5. The van der Waals surface area contributed by atoms with Crippen LogP contribution in [0.25, 0.3) is 0 Å². The highest BCUT2D eigenvalue weighted by Gasteiger charge is 2.11. The topological polar surface area (TPSA) is 41.7 Å². The molecule has 0 heterocycles. The molecular weight excluding hydrogens is 178 g/mol. The Bertz CT molecular complexity index is 131. The molecule has 0 radical (unpaired) electrons. The zero-order chi connectivity index (χ0) is 11.0. The molecule has 0 saturated carbocycles. The molecule has 0 spiro atoms. The summed E-state index contributed by atoms with van der Waals surface area (Å²) in [5.41, 5.74) is 5.66. The Hall–Kier alpha value is -0.160. The minimum Gasteiger partial charge on any atom is -0.383 e. The van der Waals surface area contributed by atoms with Gasteiger partial charge in [0.1, 0.15) is 0 Å². The van der Waals surface area contributed by atoms with Gasteiger partial charge in [-0.2, -0.15) is 0 Å². The number of likely N-dealkylation sites (N-methyl/N-ethyl adjacent to an activating group) is 1. The van der Waals surface area contributed by atoms with Crippen LogP contribution in [0, 0.1) is 0 Å². The number of ether oxygens (including phenoxy) is 1. The van der Waals surface area contributed by atoms with E-state index in [0.717, 1.165) is 19.7 Å². The molecule has 0 fully saturated rings. The summed E-state index contributed by atoms with van der Waals surface area (Å²) in [4.78, 5) is 4.47. The van der Waals surface area contributed by atoms with E-state index in [1.54, 1.807) is 7.11 Å². The van der Waals surface area contributed by atoms with Crippen molar-refractivity contribution in [2.45, 2.75) is 12.5 Å². The first-order valence-corrected chi connectivity index (χ1v) is 5.15. The van der Waals surface area contributed by atoms with Crippen molar-refractivity contribution < 1.29 is 4.74 Å². The number of nitrogens with two attached hydrogens (primary N) is 1. The van der Waals surface area contributed by atoms with Crippen LogP contribution >= 0.6 is 0 Å². The summed E-state index contributed by atoms with van der Waals surface area (Å²) in [5.74, 6) is 0. The summed E-state index contributed by atoms with van der Waals surface area (Å²) in [7, 11) is 8.01. The van der Waals surface area contributed by atoms with Crippen molar-refractivity contribution in [3.63, 3.8) is 0 Å². The number of methoxy groups -OCH3 is 1. The summed E-state index contributed by atoms with van der Waals surface area (Å²) in [6.45, 7) is 3.57. The summed E-state index contributed by atoms with van der Waals surface area (Å²) in [6, 6.07) is 0.349. The molecule has 0 aliphatic carbocycles. The highest BCUT2D eigenvalue weighted by molar-refractivity contribution is 4.69. The molecule has 0 aromatic heterocycles. The molecule has 14 heavy (non-hydrogen) atoms. The Balaban J connectivity index is 3.63. The molecule has 86 valence electrons. The van der Waals surface area contributed by atoms with Crippen LogP contribution in [0.4, 0.5) is 0 Å². The van der Waals surface area contributed by atoms with Gasteiger partial charge in [-0.3, -0.25) is 4.90 Å². The van der Waals surface area contributed by atoms with Gasteiger partial charge in [0, 0.05) is 19.7 Å². The quantitative estimate of drug-likeness (QED) is 0.595. The van der Waals surface area contributed by atoms with Crippen molar-refractivity contribution in [2.24, 2.45) is 5.73 Å². The van der Waals surface area contributed by atoms with Crippen LogP contribution in [0.2, 0.25) is 0 Å². The minimum atomic E-state index is 0.349. The molecule has 0 aromatic carbocycles. The van der Waals surface area contributed by atoms with Crippen molar-refractivity contribution in [2.75, 3.05) is 54.5 Å². The minimum absolute atomic E-state index is 0.349. The molecule has 0 bridgehead atoms. The Morgan fingerprint density at radius 1 is 1.21 bits per heavy atom. The number of nitrogens with zero attached hydrogens (tertiary/aromatic N) is 2. The van der Waals surface area contributed by atoms with Crippen LogP contribution in [0.3, 0.4) is 0 Å². The van der Waals surface area contributed by atoms with E-state index in [0.29, 0.717) is 12.6 Å². The Kier molecular flexibility index (Phi) is 8.08. The predicted octanol–water partition coefficient (Wildman–Crippen LogP) is -0.156. The first-order chi connectivity index (χ1) is 6.61. The fraction of sp³-hybridized carbons (Fsp3) is 1.00. The van der Waals surface area contributed by atoms with Crippen LogP contribution < -0.4 is 5.73 Å². The van der Waals surface area contributed by atoms with Gasteiger partial charge in [-0.25, -0.2) is 0 Å². The lowest BCUT2D eigenvalue weighted by Gasteiger charge is -2.26. The van der Waals surface area contributed by atoms with Gasteiger partial charge in [0.2, 0.25) is 0 Å². The van der Waals surface area contributed by atoms with Gasteiger partial charge in [-0.1, -0.05) is 0 Å². The van der Waals surface area contributed by atoms with Crippen LogP contribution in [0.1, 0.15) is 6.42 Å². The molecule has 0 aliphatic rings. The average Bonchev–Trinajstić information content (AvgIpc) is 2.13. The SMILES string of the molecule is COCC(CN)N(C)CCCN(C)C. The third-order valence-electron chi connectivity index (χ3n) is 2.37. The number of hydrogen-bond donors (Lipinski definition) is 1. The molecule has 1 atom stereocenters. The normalized spacial score (nSPS) is 13.9. The van der Waals surface area contributed by atoms with Gasteiger partial charge < -0.3 is 15.4 Å². The first-order valence-electron chi connectivity index (χ1n) is 5.15. The molecule has 0 saturated heterocycles. The van der Waals surface area contributed by atoms with Crippen LogP contribution in [-0.2, 0) is 4.74 Å². The van der Waals surface area contributed by atoms with E-state index in [1.807, 2.05) is 0 Å². The summed E-state index contributed by atoms with van der Waals surface area (Å²) in [5, 5.41) is 0.